The summed E-state index contributed by atoms with van der Waals surface area (Å²) in [5, 5.41) is 3.23. The molecule has 0 atom stereocenters. The van der Waals surface area contributed by atoms with Crippen LogP contribution in [0.25, 0.3) is 0 Å². The van der Waals surface area contributed by atoms with Gasteiger partial charge in [0, 0.05) is 29.8 Å². The highest BCUT2D eigenvalue weighted by Gasteiger charge is 2.19. The quantitative estimate of drug-likeness (QED) is 0.857. The number of hydrogen-bond acceptors (Lipinski definition) is 2. The van der Waals surface area contributed by atoms with Gasteiger partial charge in [0.15, 0.2) is 0 Å². The second kappa shape index (κ2) is 6.90. The largest absolute Gasteiger partial charge is 0.313 e. The van der Waals surface area contributed by atoms with Crippen molar-refractivity contribution in [1.29, 1.82) is 0 Å². The molecule has 3 heteroatoms. The van der Waals surface area contributed by atoms with Crippen molar-refractivity contribution in [1.82, 2.24) is 9.88 Å². The lowest BCUT2D eigenvalue weighted by Gasteiger charge is -2.25. The molecule has 0 aromatic carbocycles. The molecule has 0 aliphatic carbocycles. The number of hydrogen-bond donors (Lipinski definition) is 1. The predicted molar refractivity (Wildman–Crippen MR) is 81.7 cm³/mol. The second-order valence-corrected chi connectivity index (χ2v) is 6.08. The van der Waals surface area contributed by atoms with Crippen LogP contribution >= 0.6 is 0 Å². The molecule has 0 saturated carbocycles. The highest BCUT2D eigenvalue weighted by molar-refractivity contribution is 5.21. The number of unbranched alkanes of at least 4 members (excludes halogenated alkanes) is 1. The Morgan fingerprint density at radius 3 is 2.42 bits per heavy atom. The number of pyridine rings is 1. The summed E-state index contributed by atoms with van der Waals surface area (Å²) in [5.41, 5.74) is 2.17. The van der Waals surface area contributed by atoms with E-state index in [2.05, 4.69) is 46.0 Å². The topological polar surface area (TPSA) is 34.0 Å². The third-order valence-corrected chi connectivity index (χ3v) is 3.32. The van der Waals surface area contributed by atoms with Gasteiger partial charge in [-0.2, -0.15) is 0 Å². The summed E-state index contributed by atoms with van der Waals surface area (Å²) in [6, 6.07) is 4.09. The van der Waals surface area contributed by atoms with Gasteiger partial charge in [0.1, 0.15) is 0 Å². The van der Waals surface area contributed by atoms with Crippen molar-refractivity contribution in [3.8, 4) is 0 Å². The SMILES string of the molecule is CCCCn1c(C(C)(C)C)ccc(CNCC)c1=O. The third kappa shape index (κ3) is 4.20. The Hall–Kier alpha value is -1.09. The van der Waals surface area contributed by atoms with Gasteiger partial charge in [0.05, 0.1) is 0 Å². The van der Waals surface area contributed by atoms with E-state index in [9.17, 15) is 4.79 Å². The molecule has 108 valence electrons. The van der Waals surface area contributed by atoms with Crippen molar-refractivity contribution < 1.29 is 0 Å². The molecule has 0 fully saturated rings. The monoisotopic (exact) mass is 264 g/mol. The zero-order valence-electron chi connectivity index (χ0n) is 13.0. The first-order valence-corrected chi connectivity index (χ1v) is 7.35. The molecule has 1 heterocycles. The highest BCUT2D eigenvalue weighted by atomic mass is 16.1. The van der Waals surface area contributed by atoms with E-state index in [1.54, 1.807) is 0 Å². The molecule has 0 spiro atoms. The van der Waals surface area contributed by atoms with Crippen LogP contribution in [-0.2, 0) is 18.5 Å². The zero-order valence-corrected chi connectivity index (χ0v) is 13.0. The molecule has 1 N–H and O–H groups in total. The van der Waals surface area contributed by atoms with Crippen LogP contribution in [0.1, 0.15) is 58.7 Å². The summed E-state index contributed by atoms with van der Waals surface area (Å²) < 4.78 is 1.97. The van der Waals surface area contributed by atoms with Gasteiger partial charge in [-0.1, -0.05) is 47.1 Å². The molecule has 0 radical (unpaired) electrons. The number of nitrogens with one attached hydrogen (secondary N) is 1. The van der Waals surface area contributed by atoms with Gasteiger partial charge in [-0.05, 0) is 19.0 Å². The van der Waals surface area contributed by atoms with E-state index in [1.165, 1.54) is 0 Å². The minimum Gasteiger partial charge on any atom is -0.313 e. The van der Waals surface area contributed by atoms with Gasteiger partial charge in [-0.3, -0.25) is 4.79 Å². The van der Waals surface area contributed by atoms with Crippen molar-refractivity contribution in [2.75, 3.05) is 6.54 Å². The van der Waals surface area contributed by atoms with Crippen LogP contribution in [0.5, 0.6) is 0 Å². The van der Waals surface area contributed by atoms with Crippen molar-refractivity contribution in [2.45, 2.75) is 66.0 Å². The van der Waals surface area contributed by atoms with E-state index in [1.807, 2.05) is 10.6 Å². The molecule has 0 amide bonds. The normalized spacial score (nSPS) is 11.8. The maximum atomic E-state index is 12.6. The minimum absolute atomic E-state index is 0.00359. The van der Waals surface area contributed by atoms with E-state index in [0.29, 0.717) is 6.54 Å². The Morgan fingerprint density at radius 2 is 1.89 bits per heavy atom. The van der Waals surface area contributed by atoms with E-state index in [-0.39, 0.29) is 11.0 Å². The fourth-order valence-corrected chi connectivity index (χ4v) is 2.21. The molecule has 0 saturated heterocycles. The molecule has 1 aromatic heterocycles. The van der Waals surface area contributed by atoms with E-state index in [0.717, 1.165) is 37.2 Å². The Kier molecular flexibility index (Phi) is 5.80. The summed E-state index contributed by atoms with van der Waals surface area (Å²) in [4.78, 5) is 12.6. The van der Waals surface area contributed by atoms with Gasteiger partial charge in [-0.25, -0.2) is 0 Å². The van der Waals surface area contributed by atoms with Crippen LogP contribution in [0.4, 0.5) is 0 Å². The van der Waals surface area contributed by atoms with Crippen LogP contribution in [0.15, 0.2) is 16.9 Å². The number of aromatic nitrogens is 1. The molecular weight excluding hydrogens is 236 g/mol. The summed E-state index contributed by atoms with van der Waals surface area (Å²) >= 11 is 0. The zero-order chi connectivity index (χ0) is 14.5. The molecule has 0 aliphatic heterocycles. The minimum atomic E-state index is 0.00359. The second-order valence-electron chi connectivity index (χ2n) is 6.08. The lowest BCUT2D eigenvalue weighted by atomic mass is 9.90. The van der Waals surface area contributed by atoms with Crippen molar-refractivity contribution in [3.05, 3.63) is 33.7 Å². The first-order chi connectivity index (χ1) is 8.91. The van der Waals surface area contributed by atoms with Gasteiger partial charge in [0.2, 0.25) is 0 Å². The van der Waals surface area contributed by atoms with Gasteiger partial charge < -0.3 is 9.88 Å². The molecule has 0 aliphatic rings. The lowest BCUT2D eigenvalue weighted by Crippen LogP contribution is -2.33. The summed E-state index contributed by atoms with van der Waals surface area (Å²) in [6.45, 7) is 13.1. The van der Waals surface area contributed by atoms with E-state index >= 15 is 0 Å². The average Bonchev–Trinajstić information content (AvgIpc) is 2.34. The van der Waals surface area contributed by atoms with Crippen LogP contribution in [0.3, 0.4) is 0 Å². The van der Waals surface area contributed by atoms with E-state index in [4.69, 9.17) is 0 Å². The first-order valence-electron chi connectivity index (χ1n) is 7.35. The fraction of sp³-hybridized carbons (Fsp3) is 0.688. The standard InChI is InChI=1S/C16H28N2O/c1-6-8-11-18-14(16(3,4)5)10-9-13(15(18)19)12-17-7-2/h9-10,17H,6-8,11-12H2,1-5H3. The maximum Gasteiger partial charge on any atom is 0.255 e. The van der Waals surface area contributed by atoms with E-state index < -0.39 is 0 Å². The Morgan fingerprint density at radius 1 is 1.21 bits per heavy atom. The maximum absolute atomic E-state index is 12.6. The third-order valence-electron chi connectivity index (χ3n) is 3.32. The fourth-order valence-electron chi connectivity index (χ4n) is 2.21. The molecular formula is C16H28N2O. The Balaban J connectivity index is 3.20. The molecule has 3 nitrogen and oxygen atoms in total. The Labute approximate surface area is 117 Å². The Bertz CT molecular complexity index is 455. The van der Waals surface area contributed by atoms with Crippen molar-refractivity contribution >= 4 is 0 Å². The molecule has 19 heavy (non-hydrogen) atoms. The van der Waals surface area contributed by atoms with Crippen LogP contribution in [0.2, 0.25) is 0 Å². The summed E-state index contributed by atoms with van der Waals surface area (Å²) in [6.07, 6.45) is 2.15. The molecule has 1 rings (SSSR count). The molecule has 0 bridgehead atoms. The first kappa shape index (κ1) is 16.0. The van der Waals surface area contributed by atoms with Gasteiger partial charge >= 0.3 is 0 Å². The smallest absolute Gasteiger partial charge is 0.255 e. The average molecular weight is 264 g/mol. The predicted octanol–water partition coefficient (Wildman–Crippen LogP) is 3.06. The lowest BCUT2D eigenvalue weighted by molar-refractivity contribution is 0.485. The van der Waals surface area contributed by atoms with Gasteiger partial charge in [-0.15, -0.1) is 0 Å². The molecule has 0 unspecified atom stereocenters. The number of rotatable bonds is 6. The van der Waals surface area contributed by atoms with Gasteiger partial charge in [0.25, 0.3) is 5.56 Å². The van der Waals surface area contributed by atoms with Crippen molar-refractivity contribution in [2.24, 2.45) is 0 Å². The van der Waals surface area contributed by atoms with Crippen LogP contribution < -0.4 is 10.9 Å². The van der Waals surface area contributed by atoms with Crippen molar-refractivity contribution in [3.63, 3.8) is 0 Å². The number of nitrogens with zero attached hydrogens (tertiary/aromatic N) is 1. The van der Waals surface area contributed by atoms with Crippen LogP contribution in [0, 0.1) is 0 Å². The highest BCUT2D eigenvalue weighted by Crippen LogP contribution is 2.21. The molecule has 1 aromatic rings. The van der Waals surface area contributed by atoms with Crippen LogP contribution in [-0.4, -0.2) is 11.1 Å². The summed E-state index contributed by atoms with van der Waals surface area (Å²) in [5.74, 6) is 0. The summed E-state index contributed by atoms with van der Waals surface area (Å²) in [7, 11) is 0.